The first-order valence-electron chi connectivity index (χ1n) is 4.14. The van der Waals surface area contributed by atoms with Crippen LogP contribution in [-0.2, 0) is 0 Å². The summed E-state index contributed by atoms with van der Waals surface area (Å²) >= 11 is 5.39. The van der Waals surface area contributed by atoms with Gasteiger partial charge < -0.3 is 10.8 Å². The lowest BCUT2D eigenvalue weighted by atomic mass is 10.0. The molecule has 0 fully saturated rings. The maximum atomic E-state index is 12.4. The normalized spacial score (nSPS) is 12.7. The molecule has 1 aromatic rings. The Balaban J connectivity index is 0.00000289. The molecule has 1 atom stereocenters. The fourth-order valence-electron chi connectivity index (χ4n) is 1.20. The number of hydrogen-bond acceptors (Lipinski definition) is 4. The largest absolute Gasteiger partial charge is 0.506 e. The van der Waals surface area contributed by atoms with E-state index in [4.69, 9.17) is 17.3 Å². The average molecular weight is 307 g/mol. The minimum atomic E-state index is -4.92. The van der Waals surface area contributed by atoms with Gasteiger partial charge in [-0.15, -0.1) is 12.4 Å². The van der Waals surface area contributed by atoms with Gasteiger partial charge in [0.15, 0.2) is 0 Å². The first-order chi connectivity index (χ1) is 7.66. The molecule has 3 N–H and O–H groups in total. The number of phenolic OH excluding ortho intramolecular Hbond substituents is 1. The first kappa shape index (κ1) is 16.8. The maximum absolute atomic E-state index is 12.4. The predicted molar refractivity (Wildman–Crippen MR) is 60.0 cm³/mol. The van der Waals surface area contributed by atoms with Crippen LogP contribution in [0.2, 0.25) is 5.02 Å². The third-order valence-corrected chi connectivity index (χ3v) is 2.31. The molecule has 18 heavy (non-hydrogen) atoms. The molecule has 0 heterocycles. The van der Waals surface area contributed by atoms with Gasteiger partial charge in [-0.25, -0.2) is 0 Å². The summed E-state index contributed by atoms with van der Waals surface area (Å²) < 4.78 is 37.2. The molecular weight excluding hydrogens is 300 g/mol. The number of nitro groups is 1. The monoisotopic (exact) mass is 306 g/mol. The summed E-state index contributed by atoms with van der Waals surface area (Å²) in [6, 6.07) is -1.01. The van der Waals surface area contributed by atoms with Crippen LogP contribution >= 0.6 is 24.0 Å². The number of alkyl halides is 3. The Hall–Kier alpha value is -1.25. The molecule has 0 bridgehead atoms. The van der Waals surface area contributed by atoms with E-state index in [0.717, 1.165) is 12.1 Å². The SMILES string of the molecule is Cl.N[C@H](c1c([N+](=O)[O-])ccc(Cl)c1O)C(F)(F)F. The van der Waals surface area contributed by atoms with Gasteiger partial charge in [0, 0.05) is 6.07 Å². The lowest BCUT2D eigenvalue weighted by Gasteiger charge is -2.17. The Morgan fingerprint density at radius 1 is 1.44 bits per heavy atom. The van der Waals surface area contributed by atoms with Gasteiger partial charge in [0.1, 0.15) is 11.8 Å². The van der Waals surface area contributed by atoms with Crippen molar-refractivity contribution in [3.8, 4) is 5.75 Å². The summed E-state index contributed by atoms with van der Waals surface area (Å²) in [7, 11) is 0. The van der Waals surface area contributed by atoms with Crippen LogP contribution in [0.25, 0.3) is 0 Å². The summed E-state index contributed by atoms with van der Waals surface area (Å²) in [5, 5.41) is 19.5. The van der Waals surface area contributed by atoms with E-state index in [0.29, 0.717) is 0 Å². The number of benzene rings is 1. The van der Waals surface area contributed by atoms with E-state index in [1.807, 2.05) is 0 Å². The molecule has 0 unspecified atom stereocenters. The van der Waals surface area contributed by atoms with Crippen molar-refractivity contribution in [1.29, 1.82) is 0 Å². The smallest absolute Gasteiger partial charge is 0.408 e. The molecule has 0 aromatic heterocycles. The number of nitro benzene ring substituents is 1. The standard InChI is InChI=1S/C8H6ClF3N2O3.ClH/c9-3-1-2-4(14(16)17)5(6(3)15)7(13)8(10,11)12;/h1-2,7,15H,13H2;1H/t7-;/m1./s1. The van der Waals surface area contributed by atoms with E-state index in [9.17, 15) is 28.4 Å². The van der Waals surface area contributed by atoms with Crippen molar-refractivity contribution < 1.29 is 23.2 Å². The highest BCUT2D eigenvalue weighted by atomic mass is 35.5. The molecule has 5 nitrogen and oxygen atoms in total. The lowest BCUT2D eigenvalue weighted by molar-refractivity contribution is -0.386. The topological polar surface area (TPSA) is 89.4 Å². The first-order valence-corrected chi connectivity index (χ1v) is 4.52. The van der Waals surface area contributed by atoms with Gasteiger partial charge in [-0.2, -0.15) is 13.2 Å². The van der Waals surface area contributed by atoms with Gasteiger partial charge in [-0.1, -0.05) is 11.6 Å². The minimum Gasteiger partial charge on any atom is -0.506 e. The number of rotatable bonds is 2. The second-order valence-electron chi connectivity index (χ2n) is 3.11. The summed E-state index contributed by atoms with van der Waals surface area (Å²) in [5.41, 5.74) is 2.85. The zero-order valence-electron chi connectivity index (χ0n) is 8.44. The molecule has 0 saturated carbocycles. The average Bonchev–Trinajstić information content (AvgIpc) is 2.19. The molecular formula is C8H7Cl2F3N2O3. The quantitative estimate of drug-likeness (QED) is 0.649. The highest BCUT2D eigenvalue weighted by Gasteiger charge is 2.43. The van der Waals surface area contributed by atoms with Gasteiger partial charge in [-0.3, -0.25) is 10.1 Å². The van der Waals surface area contributed by atoms with Crippen molar-refractivity contribution in [2.45, 2.75) is 12.2 Å². The molecule has 0 amide bonds. The van der Waals surface area contributed by atoms with Crippen molar-refractivity contribution in [2.24, 2.45) is 5.73 Å². The number of aromatic hydroxyl groups is 1. The van der Waals surface area contributed by atoms with E-state index >= 15 is 0 Å². The molecule has 0 aliphatic heterocycles. The van der Waals surface area contributed by atoms with Crippen LogP contribution in [0.4, 0.5) is 18.9 Å². The lowest BCUT2D eigenvalue weighted by Crippen LogP contribution is -2.29. The van der Waals surface area contributed by atoms with E-state index in [1.165, 1.54) is 0 Å². The van der Waals surface area contributed by atoms with Gasteiger partial charge >= 0.3 is 6.18 Å². The van der Waals surface area contributed by atoms with E-state index < -0.39 is 39.2 Å². The fraction of sp³-hybridized carbons (Fsp3) is 0.250. The summed E-state index contributed by atoms with van der Waals surface area (Å²) in [6.45, 7) is 0. The molecule has 0 saturated heterocycles. The molecule has 0 aliphatic rings. The van der Waals surface area contributed by atoms with Crippen molar-refractivity contribution in [2.75, 3.05) is 0 Å². The second kappa shape index (κ2) is 5.59. The van der Waals surface area contributed by atoms with Crippen LogP contribution in [0.15, 0.2) is 12.1 Å². The predicted octanol–water partition coefficient (Wildman–Crippen LogP) is 2.94. The summed E-state index contributed by atoms with van der Waals surface area (Å²) in [4.78, 5) is 9.47. The zero-order chi connectivity index (χ0) is 13.4. The van der Waals surface area contributed by atoms with E-state index in [1.54, 1.807) is 0 Å². The molecule has 0 aliphatic carbocycles. The van der Waals surface area contributed by atoms with Crippen LogP contribution in [0.1, 0.15) is 11.6 Å². The van der Waals surface area contributed by atoms with Crippen LogP contribution in [0, 0.1) is 10.1 Å². The van der Waals surface area contributed by atoms with Gasteiger partial charge in [0.25, 0.3) is 5.69 Å². The Labute approximate surface area is 110 Å². The van der Waals surface area contributed by atoms with Crippen molar-refractivity contribution >= 4 is 29.7 Å². The molecule has 1 aromatic carbocycles. The third kappa shape index (κ3) is 3.15. The van der Waals surface area contributed by atoms with Crippen LogP contribution in [-0.4, -0.2) is 16.2 Å². The van der Waals surface area contributed by atoms with Gasteiger partial charge in [0.2, 0.25) is 0 Å². The Bertz CT molecular complexity index is 468. The third-order valence-electron chi connectivity index (χ3n) is 2.01. The van der Waals surface area contributed by atoms with Crippen molar-refractivity contribution in [3.63, 3.8) is 0 Å². The van der Waals surface area contributed by atoms with Gasteiger partial charge in [-0.05, 0) is 6.07 Å². The fourth-order valence-corrected chi connectivity index (χ4v) is 1.37. The number of nitrogens with zero attached hydrogens (tertiary/aromatic N) is 1. The molecule has 102 valence electrons. The summed E-state index contributed by atoms with van der Waals surface area (Å²) in [5.74, 6) is -1.04. The number of nitrogens with two attached hydrogens (primary N) is 1. The van der Waals surface area contributed by atoms with Crippen molar-refractivity contribution in [1.82, 2.24) is 0 Å². The van der Waals surface area contributed by atoms with Crippen molar-refractivity contribution in [3.05, 3.63) is 32.8 Å². The highest BCUT2D eigenvalue weighted by molar-refractivity contribution is 6.32. The van der Waals surface area contributed by atoms with Crippen LogP contribution in [0.5, 0.6) is 5.75 Å². The zero-order valence-corrected chi connectivity index (χ0v) is 10.0. The van der Waals surface area contributed by atoms with E-state index in [-0.39, 0.29) is 12.4 Å². The van der Waals surface area contributed by atoms with Crippen LogP contribution < -0.4 is 5.73 Å². The maximum Gasteiger partial charge on any atom is 0.408 e. The molecule has 0 spiro atoms. The minimum absolute atomic E-state index is 0. The number of hydrogen-bond donors (Lipinski definition) is 2. The molecule has 10 heteroatoms. The van der Waals surface area contributed by atoms with Crippen LogP contribution in [0.3, 0.4) is 0 Å². The van der Waals surface area contributed by atoms with Gasteiger partial charge in [0.05, 0.1) is 15.5 Å². The number of halogens is 5. The summed E-state index contributed by atoms with van der Waals surface area (Å²) in [6.07, 6.45) is -4.92. The number of phenols is 1. The Kier molecular flexibility index (Phi) is 5.21. The molecule has 0 radical (unpaired) electrons. The molecule has 1 rings (SSSR count). The second-order valence-corrected chi connectivity index (χ2v) is 3.51. The highest BCUT2D eigenvalue weighted by Crippen LogP contribution is 2.43. The Morgan fingerprint density at radius 3 is 2.33 bits per heavy atom. The van der Waals surface area contributed by atoms with E-state index in [2.05, 4.69) is 0 Å². The Morgan fingerprint density at radius 2 is 1.94 bits per heavy atom.